The minimum absolute atomic E-state index is 0.255. The summed E-state index contributed by atoms with van der Waals surface area (Å²) in [6.45, 7) is 3.84. The van der Waals surface area contributed by atoms with Gasteiger partial charge in [0, 0.05) is 25.2 Å². The van der Waals surface area contributed by atoms with Crippen LogP contribution >= 0.6 is 0 Å². The van der Waals surface area contributed by atoms with Crippen LogP contribution in [0.25, 0.3) is 0 Å². The molecule has 5 heteroatoms. The molecule has 90 valence electrons. The molecule has 0 aliphatic carbocycles. The number of aryl methyl sites for hydroxylation is 1. The first kappa shape index (κ1) is 11.5. The molecule has 0 unspecified atom stereocenters. The Morgan fingerprint density at radius 2 is 2.50 bits per heavy atom. The Kier molecular flexibility index (Phi) is 3.56. The first-order valence-corrected chi connectivity index (χ1v) is 5.64. The molecule has 1 N–H and O–H groups in total. The maximum Gasteiger partial charge on any atom is 0.150 e. The Balaban J connectivity index is 1.97. The highest BCUT2D eigenvalue weighted by Gasteiger charge is 2.32. The van der Waals surface area contributed by atoms with Gasteiger partial charge >= 0.3 is 0 Å². The monoisotopic (exact) mass is 227 g/mol. The maximum absolute atomic E-state index is 13.3. The first-order chi connectivity index (χ1) is 7.69. The molecular weight excluding hydrogens is 209 g/mol. The second kappa shape index (κ2) is 4.93. The zero-order chi connectivity index (χ0) is 11.5. The lowest BCUT2D eigenvalue weighted by Gasteiger charge is -2.22. The Hall–Kier alpha value is -0.940. The maximum atomic E-state index is 13.3. The molecule has 0 bridgehead atoms. The third kappa shape index (κ3) is 2.59. The minimum Gasteiger partial charge on any atom is -0.360 e. The van der Waals surface area contributed by atoms with Crippen molar-refractivity contribution in [3.8, 4) is 0 Å². The summed E-state index contributed by atoms with van der Waals surface area (Å²) in [5, 5.41) is 6.93. The first-order valence-electron chi connectivity index (χ1n) is 5.64. The lowest BCUT2D eigenvalue weighted by atomic mass is 10.2. The summed E-state index contributed by atoms with van der Waals surface area (Å²) in [4.78, 5) is 2.11. The van der Waals surface area contributed by atoms with E-state index < -0.39 is 6.17 Å². The van der Waals surface area contributed by atoms with Crippen LogP contribution in [0.4, 0.5) is 4.39 Å². The van der Waals surface area contributed by atoms with E-state index in [1.54, 1.807) is 0 Å². The quantitative estimate of drug-likeness (QED) is 0.836. The van der Waals surface area contributed by atoms with Crippen molar-refractivity contribution < 1.29 is 8.91 Å². The van der Waals surface area contributed by atoms with Gasteiger partial charge in [0.2, 0.25) is 0 Å². The molecule has 0 aromatic carbocycles. The number of hydrogen-bond donors (Lipinski definition) is 1. The fourth-order valence-electron chi connectivity index (χ4n) is 2.26. The topological polar surface area (TPSA) is 41.3 Å². The summed E-state index contributed by atoms with van der Waals surface area (Å²) in [5.41, 5.74) is 0.871. The Morgan fingerprint density at radius 1 is 1.69 bits per heavy atom. The van der Waals surface area contributed by atoms with Crippen LogP contribution in [0.2, 0.25) is 0 Å². The van der Waals surface area contributed by atoms with Gasteiger partial charge in [0.1, 0.15) is 6.17 Å². The molecule has 1 aromatic heterocycles. The number of halogens is 1. The number of likely N-dealkylation sites (N-methyl/N-ethyl adjacent to an activating group) is 1. The van der Waals surface area contributed by atoms with E-state index in [9.17, 15) is 4.39 Å². The number of aromatic nitrogens is 1. The summed E-state index contributed by atoms with van der Waals surface area (Å²) in [6.07, 6.45) is -0.115. The molecule has 0 spiro atoms. The van der Waals surface area contributed by atoms with Crippen molar-refractivity contribution in [2.75, 3.05) is 20.1 Å². The number of nitrogens with one attached hydrogen (secondary N) is 1. The van der Waals surface area contributed by atoms with Crippen molar-refractivity contribution in [3.63, 3.8) is 0 Å². The number of rotatable bonds is 4. The van der Waals surface area contributed by atoms with E-state index in [1.165, 1.54) is 0 Å². The predicted octanol–water partition coefficient (Wildman–Crippen LogP) is 1.11. The Morgan fingerprint density at radius 3 is 3.12 bits per heavy atom. The minimum atomic E-state index is -0.720. The molecule has 2 rings (SSSR count). The van der Waals surface area contributed by atoms with Gasteiger partial charge in [0.25, 0.3) is 0 Å². The standard InChI is InChI=1S/C11H18FN3O/c1-8-3-11(16-14-8)7-15-6-9(12)4-10(15)5-13-2/h3,9-10,13H,4-7H2,1-2H3/t9-,10-/m0/s1. The predicted molar refractivity (Wildman–Crippen MR) is 58.9 cm³/mol. The summed E-state index contributed by atoms with van der Waals surface area (Å²) in [7, 11) is 1.89. The largest absolute Gasteiger partial charge is 0.360 e. The van der Waals surface area contributed by atoms with E-state index in [4.69, 9.17) is 4.52 Å². The van der Waals surface area contributed by atoms with Crippen molar-refractivity contribution >= 4 is 0 Å². The SMILES string of the molecule is CNC[C@@H]1C[C@H](F)CN1Cc1cc(C)no1. The van der Waals surface area contributed by atoms with Crippen LogP contribution in [0.3, 0.4) is 0 Å². The van der Waals surface area contributed by atoms with Crippen molar-refractivity contribution in [3.05, 3.63) is 17.5 Å². The molecular formula is C11H18FN3O. The molecule has 2 heterocycles. The van der Waals surface area contributed by atoms with Crippen LogP contribution in [0.15, 0.2) is 10.6 Å². The molecule has 1 aromatic rings. The molecule has 1 fully saturated rings. The zero-order valence-electron chi connectivity index (χ0n) is 9.74. The van der Waals surface area contributed by atoms with E-state index in [1.807, 2.05) is 20.0 Å². The average Bonchev–Trinajstić information content (AvgIpc) is 2.76. The fraction of sp³-hybridized carbons (Fsp3) is 0.727. The van der Waals surface area contributed by atoms with E-state index in [2.05, 4.69) is 15.4 Å². The highest BCUT2D eigenvalue weighted by atomic mass is 19.1. The van der Waals surface area contributed by atoms with Gasteiger partial charge < -0.3 is 9.84 Å². The molecule has 2 atom stereocenters. The molecule has 0 amide bonds. The average molecular weight is 227 g/mol. The van der Waals surface area contributed by atoms with Gasteiger partial charge in [-0.05, 0) is 20.4 Å². The van der Waals surface area contributed by atoms with Crippen LogP contribution in [0.5, 0.6) is 0 Å². The molecule has 0 saturated carbocycles. The third-order valence-corrected chi connectivity index (χ3v) is 2.95. The molecule has 1 saturated heterocycles. The summed E-state index contributed by atoms with van der Waals surface area (Å²) in [5.74, 6) is 0.813. The summed E-state index contributed by atoms with van der Waals surface area (Å²) < 4.78 is 18.5. The van der Waals surface area contributed by atoms with Gasteiger partial charge in [-0.3, -0.25) is 4.90 Å². The lowest BCUT2D eigenvalue weighted by molar-refractivity contribution is 0.206. The zero-order valence-corrected chi connectivity index (χ0v) is 9.74. The van der Waals surface area contributed by atoms with E-state index in [0.29, 0.717) is 19.5 Å². The smallest absolute Gasteiger partial charge is 0.150 e. The van der Waals surface area contributed by atoms with E-state index >= 15 is 0 Å². The molecule has 1 aliphatic heterocycles. The summed E-state index contributed by atoms with van der Waals surface area (Å²) >= 11 is 0. The normalized spacial score (nSPS) is 26.4. The second-order valence-corrected chi connectivity index (χ2v) is 4.41. The van der Waals surface area contributed by atoms with Crippen LogP contribution in [0, 0.1) is 6.92 Å². The summed E-state index contributed by atoms with van der Waals surface area (Å²) in [6, 6.07) is 2.16. The van der Waals surface area contributed by atoms with E-state index in [0.717, 1.165) is 18.0 Å². The van der Waals surface area contributed by atoms with Crippen molar-refractivity contribution in [2.24, 2.45) is 0 Å². The van der Waals surface area contributed by atoms with Crippen LogP contribution in [0.1, 0.15) is 17.9 Å². The van der Waals surface area contributed by atoms with Crippen molar-refractivity contribution in [1.29, 1.82) is 0 Å². The molecule has 16 heavy (non-hydrogen) atoms. The highest BCUT2D eigenvalue weighted by molar-refractivity contribution is 5.04. The Labute approximate surface area is 94.8 Å². The van der Waals surface area contributed by atoms with Crippen LogP contribution in [-0.4, -0.2) is 42.4 Å². The lowest BCUT2D eigenvalue weighted by Crippen LogP contribution is -2.36. The Bertz CT molecular complexity index is 342. The molecule has 4 nitrogen and oxygen atoms in total. The second-order valence-electron chi connectivity index (χ2n) is 4.41. The number of hydrogen-bond acceptors (Lipinski definition) is 4. The number of nitrogens with zero attached hydrogens (tertiary/aromatic N) is 2. The van der Waals surface area contributed by atoms with Gasteiger partial charge in [0.15, 0.2) is 5.76 Å². The van der Waals surface area contributed by atoms with Crippen molar-refractivity contribution in [2.45, 2.75) is 32.1 Å². The van der Waals surface area contributed by atoms with E-state index in [-0.39, 0.29) is 6.04 Å². The van der Waals surface area contributed by atoms with Gasteiger partial charge in [-0.2, -0.15) is 0 Å². The van der Waals surface area contributed by atoms with Gasteiger partial charge in [0.05, 0.1) is 12.2 Å². The van der Waals surface area contributed by atoms with Crippen molar-refractivity contribution in [1.82, 2.24) is 15.4 Å². The van der Waals surface area contributed by atoms with Gasteiger partial charge in [-0.25, -0.2) is 4.39 Å². The highest BCUT2D eigenvalue weighted by Crippen LogP contribution is 2.22. The number of likely N-dealkylation sites (tertiary alicyclic amines) is 1. The third-order valence-electron chi connectivity index (χ3n) is 2.95. The fourth-order valence-corrected chi connectivity index (χ4v) is 2.26. The van der Waals surface area contributed by atoms with Crippen LogP contribution < -0.4 is 5.32 Å². The molecule has 0 radical (unpaired) electrons. The van der Waals surface area contributed by atoms with Gasteiger partial charge in [-0.1, -0.05) is 5.16 Å². The van der Waals surface area contributed by atoms with Gasteiger partial charge in [-0.15, -0.1) is 0 Å². The number of alkyl halides is 1. The van der Waals surface area contributed by atoms with Crippen LogP contribution in [-0.2, 0) is 6.54 Å². The molecule has 1 aliphatic rings.